The molecule has 10 rings (SSSR count). The van der Waals surface area contributed by atoms with Crippen LogP contribution in [0.2, 0.25) is 0 Å². The minimum Gasteiger partial charge on any atom is -0.458 e. The third-order valence-corrected chi connectivity index (χ3v) is 12.6. The molecule has 0 N–H and O–H groups in total. The van der Waals surface area contributed by atoms with Crippen molar-refractivity contribution >= 4 is 45.9 Å². The van der Waals surface area contributed by atoms with Gasteiger partial charge in [-0.3, -0.25) is 0 Å². The largest absolute Gasteiger partial charge is 0.458 e. The second-order valence-corrected chi connectivity index (χ2v) is 15.0. The standard InChI is InChI=1S/C44H41BN2O/c1-43-26-9-10-27-44(43,2)47-38-22-13-23-40-41(38)45(36-21-12-20-35(43)42(36)47)37-29-31(24-25-39(37)48-40)30-14-11-19-34(28-30)46(32-15-5-3-6-16-32)33-17-7-4-8-18-33/h3,5-6,11-17,19-25,28-29H,4,7-10,18,26-27H2,1-2H3. The summed E-state index contributed by atoms with van der Waals surface area (Å²) in [5, 5.41) is 0. The first-order valence-electron chi connectivity index (χ1n) is 18.1. The van der Waals surface area contributed by atoms with Gasteiger partial charge in [-0.25, -0.2) is 0 Å². The summed E-state index contributed by atoms with van der Waals surface area (Å²) in [6, 6.07) is 40.8. The van der Waals surface area contributed by atoms with E-state index in [0.717, 1.165) is 24.3 Å². The number of nitrogens with zero attached hydrogens (tertiary/aromatic N) is 2. The van der Waals surface area contributed by atoms with Gasteiger partial charge in [-0.15, -0.1) is 0 Å². The van der Waals surface area contributed by atoms with Crippen molar-refractivity contribution in [3.63, 3.8) is 0 Å². The molecule has 5 aromatic rings. The molecule has 0 aromatic heterocycles. The number of rotatable bonds is 4. The second-order valence-electron chi connectivity index (χ2n) is 15.0. The van der Waals surface area contributed by atoms with Gasteiger partial charge in [0.1, 0.15) is 11.5 Å². The normalized spacial score (nSPS) is 22.9. The fraction of sp³-hybridized carbons (Fsp3) is 0.273. The van der Waals surface area contributed by atoms with Crippen molar-refractivity contribution in [2.45, 2.75) is 76.2 Å². The molecule has 2 aliphatic carbocycles. The Morgan fingerprint density at radius 2 is 1.50 bits per heavy atom. The molecule has 5 aliphatic rings. The van der Waals surface area contributed by atoms with Crippen molar-refractivity contribution < 1.29 is 4.74 Å². The maximum absolute atomic E-state index is 6.79. The van der Waals surface area contributed by atoms with Crippen LogP contribution >= 0.6 is 0 Å². The van der Waals surface area contributed by atoms with Gasteiger partial charge in [-0.2, -0.15) is 0 Å². The predicted octanol–water partition coefficient (Wildman–Crippen LogP) is 9.63. The lowest BCUT2D eigenvalue weighted by atomic mass is 9.34. The Balaban J connectivity index is 1.12. The van der Waals surface area contributed by atoms with E-state index in [1.54, 1.807) is 0 Å². The minimum absolute atomic E-state index is 0.0464. The molecule has 0 bridgehead atoms. The first-order valence-corrected chi connectivity index (χ1v) is 18.1. The van der Waals surface area contributed by atoms with Crippen LogP contribution < -0.4 is 30.9 Å². The summed E-state index contributed by atoms with van der Waals surface area (Å²) in [7, 11) is 0. The molecule has 236 valence electrons. The lowest BCUT2D eigenvalue weighted by molar-refractivity contribution is 0.195. The van der Waals surface area contributed by atoms with Crippen LogP contribution in [-0.4, -0.2) is 12.3 Å². The van der Waals surface area contributed by atoms with Crippen LogP contribution in [-0.2, 0) is 5.41 Å². The smallest absolute Gasteiger partial charge is 0.256 e. The molecular weight excluding hydrogens is 583 g/mol. The number of fused-ring (bicyclic) bond motifs is 7. The molecule has 2 atom stereocenters. The van der Waals surface area contributed by atoms with Crippen LogP contribution in [0.4, 0.5) is 22.7 Å². The summed E-state index contributed by atoms with van der Waals surface area (Å²) in [4.78, 5) is 5.21. The molecule has 3 aliphatic heterocycles. The van der Waals surface area contributed by atoms with Crippen molar-refractivity contribution in [1.82, 2.24) is 0 Å². The fourth-order valence-electron chi connectivity index (χ4n) is 10.1. The maximum atomic E-state index is 6.79. The Bertz CT molecular complexity index is 2140. The number of allylic oxidation sites excluding steroid dienone is 2. The van der Waals surface area contributed by atoms with E-state index < -0.39 is 0 Å². The van der Waals surface area contributed by atoms with E-state index in [-0.39, 0.29) is 17.7 Å². The van der Waals surface area contributed by atoms with Crippen LogP contribution in [0.3, 0.4) is 0 Å². The monoisotopic (exact) mass is 624 g/mol. The van der Waals surface area contributed by atoms with Gasteiger partial charge >= 0.3 is 0 Å². The average molecular weight is 625 g/mol. The second kappa shape index (κ2) is 10.4. The Morgan fingerprint density at radius 1 is 0.688 bits per heavy atom. The zero-order valence-corrected chi connectivity index (χ0v) is 28.0. The Morgan fingerprint density at radius 3 is 2.38 bits per heavy atom. The van der Waals surface area contributed by atoms with Gasteiger partial charge in [0.05, 0.1) is 5.54 Å². The van der Waals surface area contributed by atoms with Gasteiger partial charge in [0.15, 0.2) is 0 Å². The zero-order valence-electron chi connectivity index (χ0n) is 28.0. The minimum atomic E-state index is 0.0464. The topological polar surface area (TPSA) is 15.7 Å². The molecule has 3 nitrogen and oxygen atoms in total. The van der Waals surface area contributed by atoms with Crippen molar-refractivity contribution in [3.05, 3.63) is 127 Å². The van der Waals surface area contributed by atoms with Crippen LogP contribution in [0.15, 0.2) is 121 Å². The molecule has 0 spiro atoms. The fourth-order valence-corrected chi connectivity index (χ4v) is 10.1. The Hall–Kier alpha value is -4.70. The summed E-state index contributed by atoms with van der Waals surface area (Å²) in [6.45, 7) is 5.20. The van der Waals surface area contributed by atoms with Gasteiger partial charge in [0, 0.05) is 33.9 Å². The first-order chi connectivity index (χ1) is 23.5. The number of para-hydroxylation sites is 2. The average Bonchev–Trinajstić information content (AvgIpc) is 3.35. The first kappa shape index (κ1) is 28.3. The lowest BCUT2D eigenvalue weighted by Gasteiger charge is -2.52. The predicted molar refractivity (Wildman–Crippen MR) is 201 cm³/mol. The SMILES string of the molecule is CC12CCCCC1(C)N1c3cccc4c3B(c3cc(-c5cccc(N(C6=CCCCC6)c6ccccc6)c5)ccc3O4)c3cccc2c31. The summed E-state index contributed by atoms with van der Waals surface area (Å²) in [5.41, 5.74) is 14.8. The van der Waals surface area contributed by atoms with Crippen molar-refractivity contribution in [3.8, 4) is 22.6 Å². The molecule has 0 radical (unpaired) electrons. The highest BCUT2D eigenvalue weighted by Crippen LogP contribution is 2.61. The molecule has 4 heteroatoms. The number of hydrogen-bond donors (Lipinski definition) is 0. The van der Waals surface area contributed by atoms with Crippen molar-refractivity contribution in [2.75, 3.05) is 9.80 Å². The molecule has 0 amide bonds. The van der Waals surface area contributed by atoms with E-state index in [4.69, 9.17) is 4.74 Å². The van der Waals surface area contributed by atoms with Crippen LogP contribution in [0.5, 0.6) is 11.5 Å². The van der Waals surface area contributed by atoms with Crippen molar-refractivity contribution in [1.29, 1.82) is 0 Å². The van der Waals surface area contributed by atoms with E-state index in [1.807, 2.05) is 0 Å². The van der Waals surface area contributed by atoms with Gasteiger partial charge in [-0.05, 0) is 121 Å². The molecule has 3 heterocycles. The Labute approximate surface area is 285 Å². The number of benzene rings is 5. The number of hydrogen-bond acceptors (Lipinski definition) is 3. The summed E-state index contributed by atoms with van der Waals surface area (Å²) < 4.78 is 6.79. The lowest BCUT2D eigenvalue weighted by Crippen LogP contribution is -2.63. The summed E-state index contributed by atoms with van der Waals surface area (Å²) >= 11 is 0. The highest BCUT2D eigenvalue weighted by molar-refractivity contribution is 6.99. The number of anilines is 4. The van der Waals surface area contributed by atoms with Gasteiger partial charge in [0.25, 0.3) is 6.71 Å². The number of ether oxygens (including phenoxy) is 1. The van der Waals surface area contributed by atoms with Crippen LogP contribution in [0.1, 0.15) is 70.8 Å². The third-order valence-electron chi connectivity index (χ3n) is 12.6. The van der Waals surface area contributed by atoms with Gasteiger partial charge in [0.2, 0.25) is 0 Å². The molecule has 5 aromatic carbocycles. The highest BCUT2D eigenvalue weighted by Gasteiger charge is 2.61. The van der Waals surface area contributed by atoms with Gasteiger partial charge in [-0.1, -0.05) is 92.6 Å². The highest BCUT2D eigenvalue weighted by atomic mass is 16.5. The summed E-state index contributed by atoms with van der Waals surface area (Å²) in [5.74, 6) is 1.98. The van der Waals surface area contributed by atoms with Crippen LogP contribution in [0.25, 0.3) is 11.1 Å². The quantitative estimate of drug-likeness (QED) is 0.182. The molecular formula is C44H41BN2O. The zero-order chi connectivity index (χ0) is 32.0. The van der Waals surface area contributed by atoms with Crippen molar-refractivity contribution in [2.24, 2.45) is 0 Å². The maximum Gasteiger partial charge on any atom is 0.256 e. The van der Waals surface area contributed by atoms with Gasteiger partial charge < -0.3 is 14.5 Å². The Kier molecular flexibility index (Phi) is 6.14. The van der Waals surface area contributed by atoms with E-state index in [9.17, 15) is 0 Å². The molecule has 0 saturated heterocycles. The molecule has 1 fully saturated rings. The third kappa shape index (κ3) is 3.83. The van der Waals surface area contributed by atoms with E-state index in [2.05, 4.69) is 139 Å². The molecule has 1 saturated carbocycles. The molecule has 48 heavy (non-hydrogen) atoms. The van der Waals surface area contributed by atoms with E-state index >= 15 is 0 Å². The van der Waals surface area contributed by atoms with E-state index in [1.165, 1.54) is 100 Å². The molecule has 2 unspecified atom stereocenters. The van der Waals surface area contributed by atoms with E-state index in [0.29, 0.717) is 0 Å². The summed E-state index contributed by atoms with van der Waals surface area (Å²) in [6.07, 6.45) is 12.2. The van der Waals surface area contributed by atoms with Crippen LogP contribution in [0, 0.1) is 0 Å².